The van der Waals surface area contributed by atoms with Gasteiger partial charge in [-0.2, -0.15) is 0 Å². The Bertz CT molecular complexity index is 963. The minimum atomic E-state index is -2.22. The lowest BCUT2D eigenvalue weighted by Gasteiger charge is -2.08. The van der Waals surface area contributed by atoms with Crippen molar-refractivity contribution in [3.63, 3.8) is 0 Å². The van der Waals surface area contributed by atoms with Gasteiger partial charge in [-0.25, -0.2) is 14.4 Å². The minimum absolute atomic E-state index is 0.149. The van der Waals surface area contributed by atoms with Gasteiger partial charge in [0.05, 0.1) is 5.56 Å². The molecule has 0 aliphatic heterocycles. The zero-order valence-corrected chi connectivity index (χ0v) is 14.9. The molecule has 8 heteroatoms. The summed E-state index contributed by atoms with van der Waals surface area (Å²) >= 11 is -2.22. The fourth-order valence-electron chi connectivity index (χ4n) is 2.43. The van der Waals surface area contributed by atoms with Crippen molar-refractivity contribution in [3.05, 3.63) is 89.0 Å². The van der Waals surface area contributed by atoms with Crippen molar-refractivity contribution in [2.45, 2.75) is 12.3 Å². The summed E-state index contributed by atoms with van der Waals surface area (Å²) in [6.45, 7) is 0.419. The molecule has 0 radical (unpaired) electrons. The molecule has 1 atom stereocenters. The van der Waals surface area contributed by atoms with E-state index in [1.165, 1.54) is 24.5 Å². The third-order valence-electron chi connectivity index (χ3n) is 3.75. The molecule has 3 rings (SSSR count). The van der Waals surface area contributed by atoms with E-state index in [1.54, 1.807) is 36.4 Å². The Morgan fingerprint density at radius 3 is 2.41 bits per heavy atom. The van der Waals surface area contributed by atoms with Gasteiger partial charge in [0.15, 0.2) is 5.78 Å². The lowest BCUT2D eigenvalue weighted by Crippen LogP contribution is -2.07. The summed E-state index contributed by atoms with van der Waals surface area (Å²) in [7, 11) is 0. The van der Waals surface area contributed by atoms with Crippen LogP contribution in [0.15, 0.2) is 60.9 Å². The first-order valence-electron chi connectivity index (χ1n) is 8.01. The van der Waals surface area contributed by atoms with Gasteiger partial charge < -0.3 is 9.87 Å². The topological polar surface area (TPSA) is 95.0 Å². The number of hydrogen-bond acceptors (Lipinski definition) is 6. The Balaban J connectivity index is 1.66. The van der Waals surface area contributed by atoms with Crippen LogP contribution < -0.4 is 5.32 Å². The number of nitrogens with zero attached hydrogens (tertiary/aromatic N) is 2. The van der Waals surface area contributed by atoms with E-state index < -0.39 is 11.1 Å². The van der Waals surface area contributed by atoms with E-state index >= 15 is 0 Å². The van der Waals surface area contributed by atoms with Crippen molar-refractivity contribution in [3.8, 4) is 0 Å². The van der Waals surface area contributed by atoms with Crippen LogP contribution in [0.25, 0.3) is 0 Å². The molecule has 3 aromatic rings. The number of carbonyl (C=O) groups is 1. The van der Waals surface area contributed by atoms with Crippen LogP contribution in [0.4, 0.5) is 10.3 Å². The van der Waals surface area contributed by atoms with E-state index in [2.05, 4.69) is 15.3 Å². The zero-order chi connectivity index (χ0) is 19.2. The molecule has 2 aromatic carbocycles. The summed E-state index contributed by atoms with van der Waals surface area (Å²) < 4.78 is 34.5. The second kappa shape index (κ2) is 8.61. The Labute approximate surface area is 157 Å². The molecule has 0 aliphatic carbocycles. The maximum absolute atomic E-state index is 12.9. The van der Waals surface area contributed by atoms with Gasteiger partial charge in [-0.1, -0.05) is 41.4 Å². The van der Waals surface area contributed by atoms with Crippen molar-refractivity contribution in [2.75, 3.05) is 5.32 Å². The number of carbonyl (C=O) groups excluding carboxylic acids is 1. The largest absolute Gasteiger partial charge is 0.772 e. The second-order valence-corrected chi connectivity index (χ2v) is 6.65. The highest BCUT2D eigenvalue weighted by molar-refractivity contribution is 7.78. The summed E-state index contributed by atoms with van der Waals surface area (Å²) in [4.78, 5) is 20.7. The molecule has 1 aromatic heterocycles. The van der Waals surface area contributed by atoms with Crippen LogP contribution in [-0.4, -0.2) is 24.5 Å². The normalized spacial score (nSPS) is 11.8. The third kappa shape index (κ3) is 5.25. The van der Waals surface area contributed by atoms with Crippen molar-refractivity contribution in [2.24, 2.45) is 0 Å². The quantitative estimate of drug-likeness (QED) is 0.497. The number of halogens is 1. The van der Waals surface area contributed by atoms with E-state index in [0.29, 0.717) is 29.2 Å². The van der Waals surface area contributed by atoms with Gasteiger partial charge in [0.25, 0.3) is 0 Å². The monoisotopic (exact) mass is 384 g/mol. The summed E-state index contributed by atoms with van der Waals surface area (Å²) in [5, 5.41) is 2.99. The van der Waals surface area contributed by atoms with Gasteiger partial charge in [-0.15, -0.1) is 0 Å². The lowest BCUT2D eigenvalue weighted by molar-refractivity contribution is 0.103. The molecule has 0 spiro atoms. The van der Waals surface area contributed by atoms with Gasteiger partial charge >= 0.3 is 0 Å². The van der Waals surface area contributed by atoms with E-state index in [9.17, 15) is 17.9 Å². The van der Waals surface area contributed by atoms with Crippen molar-refractivity contribution >= 4 is 22.8 Å². The molecule has 0 saturated heterocycles. The van der Waals surface area contributed by atoms with Crippen LogP contribution >= 0.6 is 0 Å². The van der Waals surface area contributed by atoms with Crippen molar-refractivity contribution in [1.29, 1.82) is 0 Å². The van der Waals surface area contributed by atoms with Crippen LogP contribution in [-0.2, 0) is 23.4 Å². The van der Waals surface area contributed by atoms with E-state index in [-0.39, 0.29) is 17.4 Å². The van der Waals surface area contributed by atoms with E-state index in [4.69, 9.17) is 0 Å². The molecule has 1 unspecified atom stereocenters. The van der Waals surface area contributed by atoms with Gasteiger partial charge in [0.1, 0.15) is 5.82 Å². The third-order valence-corrected chi connectivity index (χ3v) is 4.32. The molecule has 27 heavy (non-hydrogen) atoms. The Kier molecular flexibility index (Phi) is 6.00. The summed E-state index contributed by atoms with van der Waals surface area (Å²) in [5.74, 6) is -0.405. The molecule has 0 fully saturated rings. The zero-order valence-electron chi connectivity index (χ0n) is 14.1. The maximum atomic E-state index is 12.9. The Morgan fingerprint density at radius 1 is 1.04 bits per heavy atom. The summed E-state index contributed by atoms with van der Waals surface area (Å²) in [6, 6.07) is 12.5. The van der Waals surface area contributed by atoms with Crippen LogP contribution in [0.3, 0.4) is 0 Å². The number of ketones is 1. The molecule has 0 amide bonds. The van der Waals surface area contributed by atoms with Gasteiger partial charge in [-0.05, 0) is 29.3 Å². The molecule has 0 saturated carbocycles. The first kappa shape index (κ1) is 18.8. The summed E-state index contributed by atoms with van der Waals surface area (Å²) in [5.41, 5.74) is 2.07. The van der Waals surface area contributed by atoms with Crippen molar-refractivity contribution in [1.82, 2.24) is 9.97 Å². The fraction of sp³-hybridized carbons (Fsp3) is 0.105. The highest BCUT2D eigenvalue weighted by Crippen LogP contribution is 2.13. The number of benzene rings is 2. The van der Waals surface area contributed by atoms with E-state index in [1.807, 2.05) is 0 Å². The van der Waals surface area contributed by atoms with Crippen molar-refractivity contribution < 1.29 is 17.9 Å². The molecule has 138 valence electrons. The van der Waals surface area contributed by atoms with Gasteiger partial charge in [-0.3, -0.25) is 9.00 Å². The Hall–Kier alpha value is -2.97. The fourth-order valence-corrected chi connectivity index (χ4v) is 2.88. The second-order valence-electron chi connectivity index (χ2n) is 5.75. The molecule has 0 bridgehead atoms. The smallest absolute Gasteiger partial charge is 0.222 e. The molecular weight excluding hydrogens is 369 g/mol. The number of nitrogens with one attached hydrogen (secondary N) is 1. The molecular formula is C19H15FN3O3S-. The standard InChI is InChI=1S/C19H16FN3O3S/c20-17-6-4-13(5-7-17)9-21-19-22-10-16(11-23-19)18(24)15-3-1-2-14(8-15)12-27(25)26/h1-8,10-11H,9,12H2,(H,25,26)(H,21,22,23)/p-1. The first-order valence-corrected chi connectivity index (χ1v) is 9.25. The average Bonchev–Trinajstić information content (AvgIpc) is 2.67. The highest BCUT2D eigenvalue weighted by atomic mass is 32.2. The maximum Gasteiger partial charge on any atom is 0.222 e. The van der Waals surface area contributed by atoms with Crippen LogP contribution in [0, 0.1) is 5.82 Å². The number of anilines is 1. The SMILES string of the molecule is O=C(c1cnc(NCc2ccc(F)cc2)nc1)c1cccc(CS(=O)[O-])c1. The highest BCUT2D eigenvalue weighted by Gasteiger charge is 2.11. The molecule has 6 nitrogen and oxygen atoms in total. The first-order chi connectivity index (χ1) is 13.0. The predicted molar refractivity (Wildman–Crippen MR) is 98.3 cm³/mol. The lowest BCUT2D eigenvalue weighted by atomic mass is 10.0. The predicted octanol–water partition coefficient (Wildman–Crippen LogP) is 2.84. The number of hydrogen-bond donors (Lipinski definition) is 1. The van der Waals surface area contributed by atoms with Gasteiger partial charge in [0.2, 0.25) is 5.95 Å². The van der Waals surface area contributed by atoms with Crippen LogP contribution in [0.5, 0.6) is 0 Å². The summed E-state index contributed by atoms with van der Waals surface area (Å²) in [6.07, 6.45) is 2.81. The number of aromatic nitrogens is 2. The number of rotatable bonds is 7. The Morgan fingerprint density at radius 2 is 1.74 bits per heavy atom. The van der Waals surface area contributed by atoms with Crippen LogP contribution in [0.1, 0.15) is 27.0 Å². The average molecular weight is 384 g/mol. The van der Waals surface area contributed by atoms with E-state index in [0.717, 1.165) is 5.56 Å². The molecule has 0 aliphatic rings. The molecule has 1 heterocycles. The minimum Gasteiger partial charge on any atom is -0.772 e. The van der Waals surface area contributed by atoms with Crippen LogP contribution in [0.2, 0.25) is 0 Å². The van der Waals surface area contributed by atoms with Gasteiger partial charge in [0, 0.05) is 30.3 Å². The molecule has 1 N–H and O–H groups in total.